The molecule has 7 heteroatoms. The predicted octanol–water partition coefficient (Wildman–Crippen LogP) is 4.44. The number of hydrogen-bond donors (Lipinski definition) is 2. The normalized spacial score (nSPS) is 11.0. The molecule has 0 aliphatic heterocycles. The number of benzene rings is 1. The van der Waals surface area contributed by atoms with E-state index < -0.39 is 0 Å². The highest BCUT2D eigenvalue weighted by molar-refractivity contribution is 5.95. The van der Waals surface area contributed by atoms with Crippen LogP contribution in [-0.2, 0) is 13.0 Å². The van der Waals surface area contributed by atoms with Crippen molar-refractivity contribution in [3.63, 3.8) is 0 Å². The fourth-order valence-corrected chi connectivity index (χ4v) is 2.85. The van der Waals surface area contributed by atoms with Crippen LogP contribution in [-0.4, -0.2) is 20.7 Å². The quantitative estimate of drug-likeness (QED) is 0.511. The van der Waals surface area contributed by atoms with E-state index in [1.807, 2.05) is 12.2 Å². The molecule has 0 aliphatic rings. The van der Waals surface area contributed by atoms with E-state index >= 15 is 0 Å². The van der Waals surface area contributed by atoms with Gasteiger partial charge >= 0.3 is 0 Å². The van der Waals surface area contributed by atoms with Gasteiger partial charge in [-0.25, -0.2) is 14.4 Å². The maximum atomic E-state index is 14.2. The van der Waals surface area contributed by atoms with Gasteiger partial charge < -0.3 is 11.1 Å². The topological polar surface area (TPSA) is 93.8 Å². The monoisotopic (exact) mass is 405 g/mol. The molecule has 0 spiro atoms. The number of anilines is 2. The third-order valence-corrected chi connectivity index (χ3v) is 4.48. The summed E-state index contributed by atoms with van der Waals surface area (Å²) in [4.78, 5) is 25.0. The van der Waals surface area contributed by atoms with Gasteiger partial charge in [-0.05, 0) is 36.3 Å². The molecule has 154 valence electrons. The second-order valence-corrected chi connectivity index (χ2v) is 6.83. The molecule has 0 aliphatic carbocycles. The molecular formula is C23H24FN5O. The van der Waals surface area contributed by atoms with Crippen LogP contribution in [0.15, 0.2) is 55.0 Å². The molecule has 0 atom stereocenters. The van der Waals surface area contributed by atoms with Gasteiger partial charge in [0.25, 0.3) is 0 Å². The molecule has 30 heavy (non-hydrogen) atoms. The van der Waals surface area contributed by atoms with Crippen LogP contribution in [0.25, 0.3) is 6.08 Å². The molecule has 0 saturated heterocycles. The van der Waals surface area contributed by atoms with Crippen LogP contribution in [0.2, 0.25) is 0 Å². The standard InChI is InChI=1S/C23H24FN5O/c1-2-3-4-6-18-14-29-21(15-27-18)22(30)12-16-8-9-19(24)17(11-16)13-28-20-7-5-10-26-23(20)25/h4-11,14-15,28H,2-3,12-13H2,1H3,(H2,25,26)/b6-4+. The van der Waals surface area contributed by atoms with Crippen molar-refractivity contribution in [3.05, 3.63) is 83.3 Å². The maximum Gasteiger partial charge on any atom is 0.187 e. The Morgan fingerprint density at radius 1 is 1.20 bits per heavy atom. The van der Waals surface area contributed by atoms with Crippen molar-refractivity contribution >= 4 is 23.4 Å². The number of unbranched alkanes of at least 4 members (excludes halogenated alkanes) is 1. The number of allylic oxidation sites excluding steroid dienone is 1. The van der Waals surface area contributed by atoms with Crippen LogP contribution in [0, 0.1) is 5.82 Å². The van der Waals surface area contributed by atoms with Crippen molar-refractivity contribution in [2.75, 3.05) is 11.1 Å². The van der Waals surface area contributed by atoms with Crippen LogP contribution in [0.3, 0.4) is 0 Å². The summed E-state index contributed by atoms with van der Waals surface area (Å²) in [7, 11) is 0. The molecule has 2 heterocycles. The number of nitrogen functional groups attached to an aromatic ring is 1. The molecule has 0 unspecified atom stereocenters. The lowest BCUT2D eigenvalue weighted by atomic mass is 10.0. The molecule has 1 aromatic carbocycles. The maximum absolute atomic E-state index is 14.2. The van der Waals surface area contributed by atoms with Crippen molar-refractivity contribution in [2.45, 2.75) is 32.7 Å². The average molecular weight is 405 g/mol. The van der Waals surface area contributed by atoms with Gasteiger partial charge in [0, 0.05) is 24.7 Å². The SMILES string of the molecule is CCC/C=C/c1cnc(C(=O)Cc2ccc(F)c(CNc3cccnc3N)c2)cn1. The molecule has 6 nitrogen and oxygen atoms in total. The Morgan fingerprint density at radius 2 is 2.07 bits per heavy atom. The number of ketones is 1. The zero-order valence-electron chi connectivity index (χ0n) is 16.8. The number of nitrogens with one attached hydrogen (secondary N) is 1. The van der Waals surface area contributed by atoms with E-state index in [1.54, 1.807) is 36.7 Å². The molecule has 3 aromatic rings. The fraction of sp³-hybridized carbons (Fsp3) is 0.217. The number of carbonyl (C=O) groups is 1. The van der Waals surface area contributed by atoms with Crippen molar-refractivity contribution in [3.8, 4) is 0 Å². The van der Waals surface area contributed by atoms with Gasteiger partial charge in [-0.15, -0.1) is 0 Å². The van der Waals surface area contributed by atoms with Gasteiger partial charge in [0.1, 0.15) is 17.3 Å². The summed E-state index contributed by atoms with van der Waals surface area (Å²) in [5.41, 5.74) is 8.56. The molecule has 0 amide bonds. The Kier molecular flexibility index (Phi) is 7.21. The zero-order valence-corrected chi connectivity index (χ0v) is 16.8. The first kappa shape index (κ1) is 21.1. The van der Waals surface area contributed by atoms with E-state index in [0.717, 1.165) is 12.8 Å². The third kappa shape index (κ3) is 5.70. The Bertz CT molecular complexity index is 1030. The average Bonchev–Trinajstić information content (AvgIpc) is 2.75. The number of rotatable bonds is 9. The Labute approximate surface area is 175 Å². The molecule has 0 bridgehead atoms. The second kappa shape index (κ2) is 10.2. The molecule has 3 rings (SSSR count). The summed E-state index contributed by atoms with van der Waals surface area (Å²) >= 11 is 0. The minimum Gasteiger partial charge on any atom is -0.382 e. The van der Waals surface area contributed by atoms with Crippen LogP contribution >= 0.6 is 0 Å². The number of aromatic nitrogens is 3. The van der Waals surface area contributed by atoms with Crippen molar-refractivity contribution in [1.82, 2.24) is 15.0 Å². The van der Waals surface area contributed by atoms with Crippen molar-refractivity contribution < 1.29 is 9.18 Å². The minimum atomic E-state index is -0.357. The summed E-state index contributed by atoms with van der Waals surface area (Å²) in [6.45, 7) is 2.32. The van der Waals surface area contributed by atoms with Gasteiger partial charge in [-0.3, -0.25) is 9.78 Å². The number of nitrogens with two attached hydrogens (primary N) is 1. The van der Waals surface area contributed by atoms with Gasteiger partial charge in [0.15, 0.2) is 5.78 Å². The largest absolute Gasteiger partial charge is 0.382 e. The van der Waals surface area contributed by atoms with Gasteiger partial charge in [0.05, 0.1) is 23.8 Å². The smallest absolute Gasteiger partial charge is 0.187 e. The van der Waals surface area contributed by atoms with Crippen molar-refractivity contribution in [2.24, 2.45) is 0 Å². The number of carbonyl (C=O) groups excluding carboxylic acids is 1. The molecule has 2 aromatic heterocycles. The van der Waals surface area contributed by atoms with Crippen molar-refractivity contribution in [1.29, 1.82) is 0 Å². The summed E-state index contributed by atoms with van der Waals surface area (Å²) in [5, 5.41) is 3.07. The Morgan fingerprint density at radius 3 is 2.80 bits per heavy atom. The zero-order chi connectivity index (χ0) is 21.3. The van der Waals surface area contributed by atoms with E-state index in [2.05, 4.69) is 27.2 Å². The number of pyridine rings is 1. The number of hydrogen-bond acceptors (Lipinski definition) is 6. The first-order chi connectivity index (χ1) is 14.6. The summed E-state index contributed by atoms with van der Waals surface area (Å²) < 4.78 is 14.2. The van der Waals surface area contributed by atoms with Crippen LogP contribution < -0.4 is 11.1 Å². The van der Waals surface area contributed by atoms with E-state index in [0.29, 0.717) is 28.3 Å². The molecule has 3 N–H and O–H groups in total. The molecule has 0 saturated carbocycles. The molecule has 0 radical (unpaired) electrons. The van der Waals surface area contributed by atoms with E-state index in [9.17, 15) is 9.18 Å². The number of Topliss-reactive ketones (excluding diaryl/α,β-unsaturated/α-hetero) is 1. The fourth-order valence-electron chi connectivity index (χ4n) is 2.85. The summed E-state index contributed by atoms with van der Waals surface area (Å²) in [6.07, 6.45) is 10.7. The van der Waals surface area contributed by atoms with Gasteiger partial charge in [0.2, 0.25) is 0 Å². The van der Waals surface area contributed by atoms with E-state index in [-0.39, 0.29) is 30.3 Å². The predicted molar refractivity (Wildman–Crippen MR) is 116 cm³/mol. The van der Waals surface area contributed by atoms with E-state index in [1.165, 1.54) is 12.3 Å². The highest BCUT2D eigenvalue weighted by Crippen LogP contribution is 2.18. The lowest BCUT2D eigenvalue weighted by Crippen LogP contribution is -2.09. The molecule has 0 fully saturated rings. The van der Waals surface area contributed by atoms with Gasteiger partial charge in [-0.1, -0.05) is 31.6 Å². The molecular weight excluding hydrogens is 381 g/mol. The van der Waals surface area contributed by atoms with E-state index in [4.69, 9.17) is 5.73 Å². The van der Waals surface area contributed by atoms with Gasteiger partial charge in [-0.2, -0.15) is 0 Å². The van der Waals surface area contributed by atoms with Crippen LogP contribution in [0.5, 0.6) is 0 Å². The first-order valence-corrected chi connectivity index (χ1v) is 9.80. The lowest BCUT2D eigenvalue weighted by Gasteiger charge is -2.10. The third-order valence-electron chi connectivity index (χ3n) is 4.48. The number of nitrogens with zero attached hydrogens (tertiary/aromatic N) is 3. The van der Waals surface area contributed by atoms with Crippen LogP contribution in [0.4, 0.5) is 15.9 Å². The summed E-state index contributed by atoms with van der Waals surface area (Å²) in [6, 6.07) is 8.15. The highest BCUT2D eigenvalue weighted by atomic mass is 19.1. The summed E-state index contributed by atoms with van der Waals surface area (Å²) in [5.74, 6) is -0.186. The number of halogens is 1. The second-order valence-electron chi connectivity index (χ2n) is 6.83. The van der Waals surface area contributed by atoms with Crippen LogP contribution in [0.1, 0.15) is 47.1 Å². The Hall–Kier alpha value is -3.61. The first-order valence-electron chi connectivity index (χ1n) is 9.80. The Balaban J connectivity index is 1.65. The lowest BCUT2D eigenvalue weighted by molar-refractivity contribution is 0.0988. The minimum absolute atomic E-state index is 0.113. The highest BCUT2D eigenvalue weighted by Gasteiger charge is 2.12.